The number of thioether (sulfide) groups is 1. The van der Waals surface area contributed by atoms with Crippen LogP contribution in [0.4, 0.5) is 0 Å². The molecule has 8 heteroatoms. The summed E-state index contributed by atoms with van der Waals surface area (Å²) in [6.45, 7) is 6.59. The van der Waals surface area contributed by atoms with Crippen molar-refractivity contribution in [3.63, 3.8) is 0 Å². The monoisotopic (exact) mass is 367 g/mol. The summed E-state index contributed by atoms with van der Waals surface area (Å²) in [7, 11) is 0. The number of rotatable bonds is 6. The number of carbonyl (C=O) groups is 1. The lowest BCUT2D eigenvalue weighted by Crippen LogP contribution is -2.43. The summed E-state index contributed by atoms with van der Waals surface area (Å²) >= 11 is 1.73. The van der Waals surface area contributed by atoms with Crippen molar-refractivity contribution in [2.75, 3.05) is 44.9 Å². The van der Waals surface area contributed by atoms with Crippen molar-refractivity contribution in [3.8, 4) is 0 Å². The maximum atomic E-state index is 12.6. The summed E-state index contributed by atoms with van der Waals surface area (Å²) in [6.07, 6.45) is 3.70. The van der Waals surface area contributed by atoms with Crippen LogP contribution in [-0.2, 0) is 29.2 Å². The fraction of sp³-hybridized carbons (Fsp3) is 0.765. The van der Waals surface area contributed by atoms with Gasteiger partial charge >= 0.3 is 0 Å². The van der Waals surface area contributed by atoms with Crippen LogP contribution in [0.5, 0.6) is 0 Å². The molecule has 0 bridgehead atoms. The highest BCUT2D eigenvalue weighted by molar-refractivity contribution is 7.98. The fourth-order valence-electron chi connectivity index (χ4n) is 3.38. The second-order valence-electron chi connectivity index (χ2n) is 6.74. The van der Waals surface area contributed by atoms with E-state index in [2.05, 4.69) is 15.6 Å². The number of aryl methyl sites for hydroxylation is 1. The van der Waals surface area contributed by atoms with Crippen LogP contribution in [0.3, 0.4) is 0 Å². The first-order chi connectivity index (χ1) is 12.2. The van der Waals surface area contributed by atoms with Gasteiger partial charge in [0.2, 0.25) is 5.91 Å². The Morgan fingerprint density at radius 1 is 1.36 bits per heavy atom. The van der Waals surface area contributed by atoms with Crippen molar-refractivity contribution in [2.45, 2.75) is 38.5 Å². The smallest absolute Gasteiger partial charge is 0.239 e. The Labute approximate surface area is 153 Å². The number of nitrogens with two attached hydrogens (primary N) is 1. The number of morpholine rings is 1. The molecule has 0 unspecified atom stereocenters. The Morgan fingerprint density at radius 2 is 2.16 bits per heavy atom. The third kappa shape index (κ3) is 4.97. The van der Waals surface area contributed by atoms with Crippen LogP contribution in [-0.4, -0.2) is 76.4 Å². The molecule has 140 valence electrons. The van der Waals surface area contributed by atoms with E-state index in [1.54, 1.807) is 11.8 Å². The molecule has 1 saturated heterocycles. The van der Waals surface area contributed by atoms with Gasteiger partial charge in [0.15, 0.2) is 0 Å². The van der Waals surface area contributed by atoms with Crippen LogP contribution in [0, 0.1) is 0 Å². The average molecular weight is 368 g/mol. The molecule has 1 amide bonds. The zero-order chi connectivity index (χ0) is 17.6. The van der Waals surface area contributed by atoms with E-state index in [4.69, 9.17) is 15.6 Å². The van der Waals surface area contributed by atoms with Crippen LogP contribution >= 0.6 is 11.8 Å². The van der Waals surface area contributed by atoms with Crippen LogP contribution in [0.1, 0.15) is 24.2 Å². The van der Waals surface area contributed by atoms with Crippen molar-refractivity contribution in [1.29, 1.82) is 0 Å². The lowest BCUT2D eigenvalue weighted by Gasteiger charge is -2.25. The Bertz CT molecular complexity index is 573. The number of aromatic nitrogens is 2. The Kier molecular flexibility index (Phi) is 6.75. The third-order valence-electron chi connectivity index (χ3n) is 4.82. The van der Waals surface area contributed by atoms with Gasteiger partial charge in [0.1, 0.15) is 0 Å². The molecule has 2 aliphatic heterocycles. The molecule has 3 rings (SSSR count). The fourth-order valence-corrected chi connectivity index (χ4v) is 3.87. The summed E-state index contributed by atoms with van der Waals surface area (Å²) in [6, 6.07) is 1.75. The average Bonchev–Trinajstić information content (AvgIpc) is 2.89. The molecule has 0 spiro atoms. The molecular weight excluding hydrogens is 338 g/mol. The van der Waals surface area contributed by atoms with Gasteiger partial charge in [-0.25, -0.2) is 0 Å². The Morgan fingerprint density at radius 3 is 2.92 bits per heavy atom. The standard InChI is InChI=1S/C17H29N5O2S/c1-25-10-3-16(18)17(23)21-4-2-5-22-15(13-21)11-14(19-22)12-20-6-8-24-9-7-20/h11,16H,2-10,12-13,18H2,1H3/t16-/m0/s1. The molecule has 3 heterocycles. The summed E-state index contributed by atoms with van der Waals surface area (Å²) < 4.78 is 7.47. The molecule has 0 radical (unpaired) electrons. The first kappa shape index (κ1) is 18.7. The first-order valence-corrected chi connectivity index (χ1v) is 10.5. The SMILES string of the molecule is CSCC[C@H](N)C(=O)N1CCCn2nc(CN3CCOCC3)cc2C1. The van der Waals surface area contributed by atoms with Gasteiger partial charge in [0.25, 0.3) is 0 Å². The Balaban J connectivity index is 1.62. The highest BCUT2D eigenvalue weighted by Gasteiger charge is 2.25. The van der Waals surface area contributed by atoms with Crippen LogP contribution in [0.2, 0.25) is 0 Å². The van der Waals surface area contributed by atoms with E-state index in [0.29, 0.717) is 6.54 Å². The van der Waals surface area contributed by atoms with Gasteiger partial charge in [-0.3, -0.25) is 14.4 Å². The molecule has 1 atom stereocenters. The van der Waals surface area contributed by atoms with Crippen molar-refractivity contribution in [3.05, 3.63) is 17.5 Å². The molecular formula is C17H29N5O2S. The van der Waals surface area contributed by atoms with E-state index in [1.807, 2.05) is 11.2 Å². The molecule has 2 N–H and O–H groups in total. The van der Waals surface area contributed by atoms with Gasteiger partial charge in [0, 0.05) is 32.7 Å². The van der Waals surface area contributed by atoms with Crippen molar-refractivity contribution in [2.24, 2.45) is 5.73 Å². The topological polar surface area (TPSA) is 76.6 Å². The molecule has 0 saturated carbocycles. The number of nitrogens with zero attached hydrogens (tertiary/aromatic N) is 4. The van der Waals surface area contributed by atoms with Crippen LogP contribution < -0.4 is 5.73 Å². The van der Waals surface area contributed by atoms with E-state index in [-0.39, 0.29) is 5.91 Å². The van der Waals surface area contributed by atoms with Crippen molar-refractivity contribution < 1.29 is 9.53 Å². The Hall–Kier alpha value is -1.09. The van der Waals surface area contributed by atoms with Crippen molar-refractivity contribution >= 4 is 17.7 Å². The number of carbonyl (C=O) groups excluding carboxylic acids is 1. The van der Waals surface area contributed by atoms with E-state index in [9.17, 15) is 4.79 Å². The van der Waals surface area contributed by atoms with Gasteiger partial charge in [-0.15, -0.1) is 0 Å². The van der Waals surface area contributed by atoms with Gasteiger partial charge in [-0.2, -0.15) is 16.9 Å². The summed E-state index contributed by atoms with van der Waals surface area (Å²) in [4.78, 5) is 16.9. The maximum absolute atomic E-state index is 12.6. The van der Waals surface area contributed by atoms with E-state index in [1.165, 1.54) is 0 Å². The second kappa shape index (κ2) is 9.02. The highest BCUT2D eigenvalue weighted by Crippen LogP contribution is 2.17. The predicted octanol–water partition coefficient (Wildman–Crippen LogP) is 0.528. The number of hydrogen-bond acceptors (Lipinski definition) is 6. The van der Waals surface area contributed by atoms with E-state index >= 15 is 0 Å². The molecule has 25 heavy (non-hydrogen) atoms. The zero-order valence-corrected chi connectivity index (χ0v) is 15.8. The van der Waals surface area contributed by atoms with Crippen molar-refractivity contribution in [1.82, 2.24) is 19.6 Å². The van der Waals surface area contributed by atoms with Crippen LogP contribution in [0.15, 0.2) is 6.07 Å². The molecule has 1 aromatic rings. The maximum Gasteiger partial charge on any atom is 0.239 e. The quantitative estimate of drug-likeness (QED) is 0.790. The largest absolute Gasteiger partial charge is 0.379 e. The minimum absolute atomic E-state index is 0.0680. The van der Waals surface area contributed by atoms with E-state index in [0.717, 1.165) is 75.9 Å². The number of hydrogen-bond donors (Lipinski definition) is 1. The molecule has 7 nitrogen and oxygen atoms in total. The second-order valence-corrected chi connectivity index (χ2v) is 7.73. The summed E-state index contributed by atoms with van der Waals surface area (Å²) in [5, 5.41) is 4.75. The lowest BCUT2D eigenvalue weighted by molar-refractivity contribution is -0.133. The molecule has 1 aromatic heterocycles. The molecule has 1 fully saturated rings. The van der Waals surface area contributed by atoms with E-state index < -0.39 is 6.04 Å². The predicted molar refractivity (Wildman–Crippen MR) is 99.3 cm³/mol. The summed E-state index contributed by atoms with van der Waals surface area (Å²) in [5.74, 6) is 0.987. The minimum atomic E-state index is -0.394. The highest BCUT2D eigenvalue weighted by atomic mass is 32.2. The number of fused-ring (bicyclic) bond motifs is 1. The van der Waals surface area contributed by atoms with Gasteiger partial charge in [-0.1, -0.05) is 0 Å². The normalized spacial score (nSPS) is 20.2. The third-order valence-corrected chi connectivity index (χ3v) is 5.46. The van der Waals surface area contributed by atoms with Gasteiger partial charge < -0.3 is 15.4 Å². The molecule has 0 aromatic carbocycles. The number of amides is 1. The number of ether oxygens (including phenoxy) is 1. The lowest BCUT2D eigenvalue weighted by atomic mass is 10.2. The molecule has 0 aliphatic carbocycles. The first-order valence-electron chi connectivity index (χ1n) is 9.06. The van der Waals surface area contributed by atoms with Crippen LogP contribution in [0.25, 0.3) is 0 Å². The molecule has 2 aliphatic rings. The van der Waals surface area contributed by atoms with Gasteiger partial charge in [0.05, 0.1) is 37.2 Å². The van der Waals surface area contributed by atoms with Gasteiger partial charge in [-0.05, 0) is 30.9 Å². The minimum Gasteiger partial charge on any atom is -0.379 e. The summed E-state index contributed by atoms with van der Waals surface area (Å²) in [5.41, 5.74) is 8.29. The zero-order valence-electron chi connectivity index (χ0n) is 15.0.